The maximum atomic E-state index is 13.5. The highest BCUT2D eigenvalue weighted by Gasteiger charge is 2.42. The first-order chi connectivity index (χ1) is 13.5. The summed E-state index contributed by atoms with van der Waals surface area (Å²) in [4.78, 5) is 30.5. The van der Waals surface area contributed by atoms with Crippen molar-refractivity contribution in [3.8, 4) is 0 Å². The second-order valence-electron chi connectivity index (χ2n) is 8.99. The number of nitrogens with zero attached hydrogens (tertiary/aromatic N) is 2. The van der Waals surface area contributed by atoms with E-state index >= 15 is 0 Å². The molecule has 0 aromatic heterocycles. The third kappa shape index (κ3) is 4.37. The summed E-state index contributed by atoms with van der Waals surface area (Å²) in [5.41, 5.74) is 0.651. The lowest BCUT2D eigenvalue weighted by Crippen LogP contribution is -2.51. The zero-order chi connectivity index (χ0) is 19.7. The van der Waals surface area contributed by atoms with Crippen LogP contribution in [0.2, 0.25) is 5.02 Å². The first-order valence-electron chi connectivity index (χ1n) is 10.9. The third-order valence-electron chi connectivity index (χ3n) is 6.72. The minimum atomic E-state index is -0.0510. The quantitative estimate of drug-likeness (QED) is 0.728. The van der Waals surface area contributed by atoms with Crippen molar-refractivity contribution in [2.45, 2.75) is 70.4 Å². The van der Waals surface area contributed by atoms with Gasteiger partial charge in [-0.2, -0.15) is 0 Å². The molecular weight excluding hydrogens is 372 g/mol. The maximum Gasteiger partial charge on any atom is 0.253 e. The first-order valence-corrected chi connectivity index (χ1v) is 11.3. The Kier molecular flexibility index (Phi) is 5.96. The van der Waals surface area contributed by atoms with Crippen LogP contribution in [-0.4, -0.2) is 46.8 Å². The maximum absolute atomic E-state index is 13.5. The van der Waals surface area contributed by atoms with E-state index in [4.69, 9.17) is 11.6 Å². The van der Waals surface area contributed by atoms with Gasteiger partial charge in [0.15, 0.2) is 0 Å². The second kappa shape index (κ2) is 8.44. The minimum absolute atomic E-state index is 0.0126. The Morgan fingerprint density at radius 1 is 0.964 bits per heavy atom. The molecule has 5 heteroatoms. The molecular formula is C23H31ClN2O2. The van der Waals surface area contributed by atoms with E-state index in [-0.39, 0.29) is 11.8 Å². The number of likely N-dealkylation sites (tertiary alicyclic amines) is 1. The molecule has 152 valence electrons. The highest BCUT2D eigenvalue weighted by Crippen LogP contribution is 2.37. The van der Waals surface area contributed by atoms with Crippen LogP contribution in [0.5, 0.6) is 0 Å². The van der Waals surface area contributed by atoms with Crippen molar-refractivity contribution in [3.05, 3.63) is 34.9 Å². The predicted molar refractivity (Wildman–Crippen MR) is 111 cm³/mol. The van der Waals surface area contributed by atoms with Crippen LogP contribution in [0.25, 0.3) is 0 Å². The van der Waals surface area contributed by atoms with Gasteiger partial charge in [0.2, 0.25) is 5.91 Å². The summed E-state index contributed by atoms with van der Waals surface area (Å²) in [6.07, 6.45) is 8.84. The van der Waals surface area contributed by atoms with E-state index in [1.807, 2.05) is 4.90 Å². The molecule has 1 atom stereocenters. The second-order valence-corrected chi connectivity index (χ2v) is 9.42. The number of hydrogen-bond donors (Lipinski definition) is 0. The van der Waals surface area contributed by atoms with Crippen LogP contribution >= 0.6 is 11.6 Å². The number of carbonyl (C=O) groups is 2. The SMILES string of the molecule is CC1CCC(N(C(=O)[C@H]2CCCN(C(=O)c3ccc(Cl)cc3)C2)C2CC2)CC1. The van der Waals surface area contributed by atoms with Crippen molar-refractivity contribution in [1.29, 1.82) is 0 Å². The van der Waals surface area contributed by atoms with Gasteiger partial charge in [-0.25, -0.2) is 0 Å². The largest absolute Gasteiger partial charge is 0.338 e. The van der Waals surface area contributed by atoms with Gasteiger partial charge in [0.1, 0.15) is 0 Å². The number of amides is 2. The normalized spacial score (nSPS) is 28.1. The van der Waals surface area contributed by atoms with Gasteiger partial charge in [-0.15, -0.1) is 0 Å². The number of halogens is 1. The van der Waals surface area contributed by atoms with E-state index in [1.54, 1.807) is 24.3 Å². The number of rotatable bonds is 4. The van der Waals surface area contributed by atoms with Crippen LogP contribution in [0.1, 0.15) is 68.6 Å². The Bertz CT molecular complexity index is 708. The fourth-order valence-electron chi connectivity index (χ4n) is 4.88. The van der Waals surface area contributed by atoms with Gasteiger partial charge in [-0.05, 0) is 81.5 Å². The molecule has 1 saturated heterocycles. The van der Waals surface area contributed by atoms with Crippen LogP contribution in [0.3, 0.4) is 0 Å². The van der Waals surface area contributed by atoms with E-state index in [2.05, 4.69) is 11.8 Å². The zero-order valence-corrected chi connectivity index (χ0v) is 17.5. The Labute approximate surface area is 173 Å². The number of hydrogen-bond acceptors (Lipinski definition) is 2. The molecule has 0 radical (unpaired) electrons. The van der Waals surface area contributed by atoms with E-state index in [0.717, 1.165) is 51.0 Å². The van der Waals surface area contributed by atoms with Crippen LogP contribution in [-0.2, 0) is 4.79 Å². The van der Waals surface area contributed by atoms with Crippen molar-refractivity contribution >= 4 is 23.4 Å². The van der Waals surface area contributed by atoms with Gasteiger partial charge in [-0.3, -0.25) is 9.59 Å². The molecule has 28 heavy (non-hydrogen) atoms. The highest BCUT2D eigenvalue weighted by molar-refractivity contribution is 6.30. The molecule has 3 aliphatic rings. The van der Waals surface area contributed by atoms with Crippen LogP contribution < -0.4 is 0 Å². The summed E-state index contributed by atoms with van der Waals surface area (Å²) in [5, 5.41) is 0.630. The smallest absolute Gasteiger partial charge is 0.253 e. The molecule has 3 fully saturated rings. The molecule has 4 rings (SSSR count). The van der Waals surface area contributed by atoms with Crippen LogP contribution in [0.4, 0.5) is 0 Å². The lowest BCUT2D eigenvalue weighted by Gasteiger charge is -2.40. The molecule has 0 N–H and O–H groups in total. The standard InChI is InChI=1S/C23H31ClN2O2/c1-16-4-10-20(11-5-16)26(21-12-13-21)23(28)18-3-2-14-25(15-18)22(27)17-6-8-19(24)9-7-17/h6-9,16,18,20-21H,2-5,10-15H2,1H3/t16?,18-,20?/m0/s1. The molecule has 1 heterocycles. The van der Waals surface area contributed by atoms with Gasteiger partial charge in [-0.1, -0.05) is 18.5 Å². The molecule has 1 aromatic carbocycles. The van der Waals surface area contributed by atoms with E-state index in [0.29, 0.717) is 35.1 Å². The topological polar surface area (TPSA) is 40.6 Å². The van der Waals surface area contributed by atoms with Crippen molar-refractivity contribution < 1.29 is 9.59 Å². The van der Waals surface area contributed by atoms with E-state index < -0.39 is 0 Å². The molecule has 2 amide bonds. The summed E-state index contributed by atoms with van der Waals surface area (Å²) in [5.74, 6) is 1.05. The first kappa shape index (κ1) is 19.8. The zero-order valence-electron chi connectivity index (χ0n) is 16.8. The van der Waals surface area contributed by atoms with Crippen molar-refractivity contribution in [1.82, 2.24) is 9.80 Å². The molecule has 0 unspecified atom stereocenters. The minimum Gasteiger partial charge on any atom is -0.338 e. The molecule has 1 aliphatic heterocycles. The third-order valence-corrected chi connectivity index (χ3v) is 6.97. The Balaban J connectivity index is 1.43. The summed E-state index contributed by atoms with van der Waals surface area (Å²) in [7, 11) is 0. The average molecular weight is 403 g/mol. The van der Waals surface area contributed by atoms with Gasteiger partial charge in [0, 0.05) is 35.8 Å². The Hall–Kier alpha value is -1.55. The molecule has 1 aromatic rings. The van der Waals surface area contributed by atoms with Gasteiger partial charge in [0.25, 0.3) is 5.91 Å². The molecule has 2 saturated carbocycles. The predicted octanol–water partition coefficient (Wildman–Crippen LogP) is 4.76. The highest BCUT2D eigenvalue weighted by atomic mass is 35.5. The van der Waals surface area contributed by atoms with E-state index in [1.165, 1.54) is 12.8 Å². The lowest BCUT2D eigenvalue weighted by atomic mass is 9.85. The fourth-order valence-corrected chi connectivity index (χ4v) is 5.01. The number of piperidine rings is 1. The summed E-state index contributed by atoms with van der Waals surface area (Å²) in [6.45, 7) is 3.60. The molecule has 2 aliphatic carbocycles. The lowest BCUT2D eigenvalue weighted by molar-refractivity contribution is -0.141. The van der Waals surface area contributed by atoms with Crippen molar-refractivity contribution in [2.75, 3.05) is 13.1 Å². The van der Waals surface area contributed by atoms with E-state index in [9.17, 15) is 9.59 Å². The Morgan fingerprint density at radius 2 is 1.57 bits per heavy atom. The molecule has 4 nitrogen and oxygen atoms in total. The van der Waals surface area contributed by atoms with Crippen molar-refractivity contribution in [3.63, 3.8) is 0 Å². The van der Waals surface area contributed by atoms with Crippen LogP contribution in [0, 0.1) is 11.8 Å². The number of benzene rings is 1. The van der Waals surface area contributed by atoms with Gasteiger partial charge >= 0.3 is 0 Å². The van der Waals surface area contributed by atoms with Gasteiger partial charge in [0.05, 0.1) is 5.92 Å². The van der Waals surface area contributed by atoms with Gasteiger partial charge < -0.3 is 9.80 Å². The Morgan fingerprint density at radius 3 is 2.18 bits per heavy atom. The van der Waals surface area contributed by atoms with Crippen molar-refractivity contribution in [2.24, 2.45) is 11.8 Å². The number of carbonyl (C=O) groups excluding carboxylic acids is 2. The summed E-state index contributed by atoms with van der Waals surface area (Å²) >= 11 is 5.94. The monoisotopic (exact) mass is 402 g/mol. The molecule has 0 bridgehead atoms. The fraction of sp³-hybridized carbons (Fsp3) is 0.652. The summed E-state index contributed by atoms with van der Waals surface area (Å²) in [6, 6.07) is 7.92. The average Bonchev–Trinajstić information content (AvgIpc) is 3.55. The molecule has 0 spiro atoms. The van der Waals surface area contributed by atoms with Crippen LogP contribution in [0.15, 0.2) is 24.3 Å². The summed E-state index contributed by atoms with van der Waals surface area (Å²) < 4.78 is 0.